The van der Waals surface area contributed by atoms with E-state index in [9.17, 15) is 4.39 Å². The van der Waals surface area contributed by atoms with Crippen LogP contribution in [0.25, 0.3) is 10.7 Å². The number of anilines is 1. The van der Waals surface area contributed by atoms with Gasteiger partial charge in [0.05, 0.1) is 11.9 Å². The maximum absolute atomic E-state index is 14.2. The van der Waals surface area contributed by atoms with E-state index >= 15 is 0 Å². The van der Waals surface area contributed by atoms with Crippen molar-refractivity contribution in [3.63, 3.8) is 0 Å². The van der Waals surface area contributed by atoms with E-state index in [0.717, 1.165) is 29.1 Å². The molecule has 1 fully saturated rings. The SMILES string of the molecule is NCc1cnc(-c2cnc(NCC3(c4ncccc4F)CCC3)nn2)s1. The van der Waals surface area contributed by atoms with E-state index in [-0.39, 0.29) is 11.2 Å². The van der Waals surface area contributed by atoms with Crippen molar-refractivity contribution in [2.75, 3.05) is 11.9 Å². The lowest BCUT2D eigenvalue weighted by Crippen LogP contribution is -2.42. The Hall–Kier alpha value is -2.52. The molecule has 7 nitrogen and oxygen atoms in total. The predicted octanol–water partition coefficient (Wildman–Crippen LogP) is 2.52. The summed E-state index contributed by atoms with van der Waals surface area (Å²) in [4.78, 5) is 13.8. The highest BCUT2D eigenvalue weighted by Gasteiger charge is 2.41. The Kier molecular flexibility index (Phi) is 4.56. The number of halogens is 1. The summed E-state index contributed by atoms with van der Waals surface area (Å²) in [6.45, 7) is 0.973. The van der Waals surface area contributed by atoms with Gasteiger partial charge in [0.15, 0.2) is 0 Å². The summed E-state index contributed by atoms with van der Waals surface area (Å²) in [6, 6.07) is 3.07. The molecule has 9 heteroatoms. The third kappa shape index (κ3) is 3.15. The van der Waals surface area contributed by atoms with Crippen molar-refractivity contribution in [2.45, 2.75) is 31.2 Å². The minimum atomic E-state index is -0.307. The first-order valence-corrected chi connectivity index (χ1v) is 9.22. The zero-order valence-electron chi connectivity index (χ0n) is 14.0. The number of hydrogen-bond acceptors (Lipinski definition) is 8. The summed E-state index contributed by atoms with van der Waals surface area (Å²) in [7, 11) is 0. The van der Waals surface area contributed by atoms with E-state index < -0.39 is 0 Å². The highest BCUT2D eigenvalue weighted by Crippen LogP contribution is 2.43. The number of aromatic nitrogens is 5. The molecule has 0 atom stereocenters. The molecule has 0 bridgehead atoms. The van der Waals surface area contributed by atoms with E-state index in [1.165, 1.54) is 17.4 Å². The fourth-order valence-corrected chi connectivity index (χ4v) is 3.84. The third-order valence-corrected chi connectivity index (χ3v) is 5.73. The van der Waals surface area contributed by atoms with Crippen LogP contribution in [-0.2, 0) is 12.0 Å². The largest absolute Gasteiger partial charge is 0.352 e. The summed E-state index contributed by atoms with van der Waals surface area (Å²) in [6.07, 6.45) is 7.83. The van der Waals surface area contributed by atoms with Crippen LogP contribution in [0.4, 0.5) is 10.3 Å². The van der Waals surface area contributed by atoms with Crippen LogP contribution < -0.4 is 11.1 Å². The Labute approximate surface area is 153 Å². The van der Waals surface area contributed by atoms with Crippen LogP contribution in [0.3, 0.4) is 0 Å². The molecule has 0 saturated heterocycles. The van der Waals surface area contributed by atoms with Gasteiger partial charge in [0.25, 0.3) is 0 Å². The lowest BCUT2D eigenvalue weighted by Gasteiger charge is -2.41. The average molecular weight is 371 g/mol. The number of rotatable bonds is 6. The van der Waals surface area contributed by atoms with Crippen molar-refractivity contribution in [2.24, 2.45) is 5.73 Å². The molecular formula is C17H18FN7S. The topological polar surface area (TPSA) is 102 Å². The summed E-state index contributed by atoms with van der Waals surface area (Å²) in [5, 5.41) is 12.2. The zero-order chi connectivity index (χ0) is 18.0. The van der Waals surface area contributed by atoms with E-state index in [4.69, 9.17) is 5.73 Å². The van der Waals surface area contributed by atoms with Crippen molar-refractivity contribution < 1.29 is 4.39 Å². The number of thiazole rings is 1. The second-order valence-electron chi connectivity index (χ2n) is 6.32. The van der Waals surface area contributed by atoms with Gasteiger partial charge in [-0.05, 0) is 25.0 Å². The Morgan fingerprint density at radius 2 is 2.08 bits per heavy atom. The van der Waals surface area contributed by atoms with Gasteiger partial charge in [0.1, 0.15) is 16.5 Å². The number of nitrogens with two attached hydrogens (primary N) is 1. The van der Waals surface area contributed by atoms with E-state index in [1.807, 2.05) is 0 Å². The minimum absolute atomic E-state index is 0.261. The van der Waals surface area contributed by atoms with E-state index in [2.05, 4.69) is 30.5 Å². The lowest BCUT2D eigenvalue weighted by molar-refractivity contribution is 0.243. The molecule has 1 aliphatic rings. The van der Waals surface area contributed by atoms with Gasteiger partial charge in [-0.1, -0.05) is 6.42 Å². The minimum Gasteiger partial charge on any atom is -0.352 e. The van der Waals surface area contributed by atoms with Gasteiger partial charge < -0.3 is 11.1 Å². The average Bonchev–Trinajstić information content (AvgIpc) is 3.12. The molecule has 1 aliphatic carbocycles. The van der Waals surface area contributed by atoms with Gasteiger partial charge in [-0.25, -0.2) is 14.4 Å². The fourth-order valence-electron chi connectivity index (χ4n) is 3.10. The molecule has 0 aromatic carbocycles. The maximum Gasteiger partial charge on any atom is 0.242 e. The number of nitrogens with one attached hydrogen (secondary N) is 1. The Bertz CT molecular complexity index is 892. The van der Waals surface area contributed by atoms with E-state index in [0.29, 0.717) is 30.4 Å². The molecule has 3 heterocycles. The molecule has 26 heavy (non-hydrogen) atoms. The van der Waals surface area contributed by atoms with Crippen LogP contribution >= 0.6 is 11.3 Å². The molecule has 3 aromatic heterocycles. The molecule has 3 aromatic rings. The van der Waals surface area contributed by atoms with Crippen LogP contribution in [-0.4, -0.2) is 31.7 Å². The summed E-state index contributed by atoms with van der Waals surface area (Å²) in [5.41, 5.74) is 6.41. The predicted molar refractivity (Wildman–Crippen MR) is 97.0 cm³/mol. The number of hydrogen-bond donors (Lipinski definition) is 2. The number of nitrogens with zero attached hydrogens (tertiary/aromatic N) is 5. The standard InChI is InChI=1S/C17H18FN7S/c18-12-3-1-6-20-14(12)17(4-2-5-17)10-23-16-22-9-13(24-25-16)15-21-8-11(7-19)26-15/h1,3,6,8-9H,2,4-5,7,10,19H2,(H,22,23,25). The molecule has 0 aliphatic heterocycles. The Balaban J connectivity index is 1.47. The van der Waals surface area contributed by atoms with Gasteiger partial charge in [-0.15, -0.1) is 21.5 Å². The van der Waals surface area contributed by atoms with Gasteiger partial charge in [-0.2, -0.15) is 0 Å². The third-order valence-electron chi connectivity index (χ3n) is 4.69. The van der Waals surface area contributed by atoms with Crippen LogP contribution in [0.5, 0.6) is 0 Å². The number of pyridine rings is 1. The molecule has 3 N–H and O–H groups in total. The first kappa shape index (κ1) is 16.9. The first-order valence-electron chi connectivity index (χ1n) is 8.40. The van der Waals surface area contributed by atoms with Crippen LogP contribution in [0.15, 0.2) is 30.7 Å². The second-order valence-corrected chi connectivity index (χ2v) is 7.44. The van der Waals surface area contributed by atoms with Crippen molar-refractivity contribution in [1.29, 1.82) is 0 Å². The highest BCUT2D eigenvalue weighted by atomic mass is 32.1. The Morgan fingerprint density at radius 3 is 2.69 bits per heavy atom. The lowest BCUT2D eigenvalue weighted by atomic mass is 9.66. The molecule has 1 saturated carbocycles. The van der Waals surface area contributed by atoms with Crippen molar-refractivity contribution >= 4 is 17.3 Å². The summed E-state index contributed by atoms with van der Waals surface area (Å²) in [5.74, 6) is 0.148. The molecule has 0 unspecified atom stereocenters. The maximum atomic E-state index is 14.2. The fraction of sp³-hybridized carbons (Fsp3) is 0.353. The monoisotopic (exact) mass is 371 g/mol. The Morgan fingerprint density at radius 1 is 1.19 bits per heavy atom. The zero-order valence-corrected chi connectivity index (χ0v) is 14.8. The van der Waals surface area contributed by atoms with Crippen molar-refractivity contribution in [3.05, 3.63) is 47.1 Å². The van der Waals surface area contributed by atoms with Gasteiger partial charge in [0, 0.05) is 35.8 Å². The molecule has 0 amide bonds. The second kappa shape index (κ2) is 7.00. The van der Waals surface area contributed by atoms with Gasteiger partial charge >= 0.3 is 0 Å². The first-order chi connectivity index (χ1) is 12.7. The van der Waals surface area contributed by atoms with Crippen LogP contribution in [0.1, 0.15) is 29.8 Å². The molecule has 0 spiro atoms. The molecule has 134 valence electrons. The molecule has 0 radical (unpaired) electrons. The molecule has 4 rings (SSSR count). The highest BCUT2D eigenvalue weighted by molar-refractivity contribution is 7.14. The van der Waals surface area contributed by atoms with Gasteiger partial charge in [-0.3, -0.25) is 4.98 Å². The summed E-state index contributed by atoms with van der Waals surface area (Å²) >= 11 is 1.47. The van der Waals surface area contributed by atoms with Gasteiger partial charge in [0.2, 0.25) is 5.95 Å². The summed E-state index contributed by atoms with van der Waals surface area (Å²) < 4.78 is 14.2. The van der Waals surface area contributed by atoms with Crippen molar-refractivity contribution in [1.82, 2.24) is 25.1 Å². The van der Waals surface area contributed by atoms with Crippen LogP contribution in [0, 0.1) is 5.82 Å². The van der Waals surface area contributed by atoms with Crippen LogP contribution in [0.2, 0.25) is 0 Å². The normalized spacial score (nSPS) is 15.5. The van der Waals surface area contributed by atoms with E-state index in [1.54, 1.807) is 24.7 Å². The molecular weight excluding hydrogens is 353 g/mol. The quantitative estimate of drug-likeness (QED) is 0.686. The van der Waals surface area contributed by atoms with Crippen molar-refractivity contribution in [3.8, 4) is 10.7 Å². The smallest absolute Gasteiger partial charge is 0.242 e.